The summed E-state index contributed by atoms with van der Waals surface area (Å²) in [5.74, 6) is -3.34. The number of aliphatic carboxylic acids is 1. The normalized spacial score (nSPS) is 14.2. The number of esters is 1. The molecule has 7 nitrogen and oxygen atoms in total. The lowest BCUT2D eigenvalue weighted by molar-refractivity contribution is -0.192. The number of methoxy groups -OCH3 is 1. The molecule has 1 aliphatic rings. The first-order valence-corrected chi connectivity index (χ1v) is 8.77. The van der Waals surface area contributed by atoms with Gasteiger partial charge in [-0.05, 0) is 43.6 Å². The first-order valence-electron chi connectivity index (χ1n) is 8.77. The Morgan fingerprint density at radius 2 is 1.72 bits per heavy atom. The van der Waals surface area contributed by atoms with Crippen LogP contribution in [0.15, 0.2) is 36.4 Å². The number of carbonyl (C=O) groups excluding carboxylic acids is 2. The van der Waals surface area contributed by atoms with E-state index in [1.165, 1.54) is 31.6 Å². The highest BCUT2D eigenvalue weighted by Crippen LogP contribution is 2.14. The number of carbonyl (C=O) groups is 3. The molecule has 160 valence electrons. The van der Waals surface area contributed by atoms with Gasteiger partial charge in [-0.15, -0.1) is 0 Å². The van der Waals surface area contributed by atoms with E-state index in [4.69, 9.17) is 9.90 Å². The molecular weight excluding hydrogens is 393 g/mol. The van der Waals surface area contributed by atoms with Crippen LogP contribution in [0.4, 0.5) is 13.2 Å². The SMILES string of the molecule is COC(=O)/C=C/CNC(=O)c1ccc(CN2CCCC2)cc1.O=C(O)C(F)(F)F. The highest BCUT2D eigenvalue weighted by molar-refractivity contribution is 5.94. The van der Waals surface area contributed by atoms with Gasteiger partial charge < -0.3 is 15.2 Å². The van der Waals surface area contributed by atoms with Crippen LogP contribution in [0.25, 0.3) is 0 Å². The number of alkyl halides is 3. The maximum atomic E-state index is 11.9. The molecule has 0 unspecified atom stereocenters. The summed E-state index contributed by atoms with van der Waals surface area (Å²) in [4.78, 5) is 34.1. The molecule has 0 aliphatic carbocycles. The highest BCUT2D eigenvalue weighted by atomic mass is 19.4. The third-order valence-electron chi connectivity index (χ3n) is 3.90. The Hall–Kier alpha value is -2.88. The molecule has 2 N–H and O–H groups in total. The largest absolute Gasteiger partial charge is 0.490 e. The van der Waals surface area contributed by atoms with E-state index in [0.717, 1.165) is 19.6 Å². The molecule has 1 aliphatic heterocycles. The van der Waals surface area contributed by atoms with Crippen LogP contribution in [0.3, 0.4) is 0 Å². The fraction of sp³-hybridized carbons (Fsp3) is 0.421. The van der Waals surface area contributed by atoms with Crippen molar-refractivity contribution in [3.63, 3.8) is 0 Å². The summed E-state index contributed by atoms with van der Waals surface area (Å²) in [6.07, 6.45) is 0.323. The summed E-state index contributed by atoms with van der Waals surface area (Å²) in [6.45, 7) is 3.57. The third-order valence-corrected chi connectivity index (χ3v) is 3.90. The summed E-state index contributed by atoms with van der Waals surface area (Å²) in [5.41, 5.74) is 1.85. The van der Waals surface area contributed by atoms with E-state index in [1.54, 1.807) is 6.08 Å². The van der Waals surface area contributed by atoms with E-state index in [9.17, 15) is 22.8 Å². The lowest BCUT2D eigenvalue weighted by atomic mass is 10.1. The minimum atomic E-state index is -5.08. The van der Waals surface area contributed by atoms with Crippen LogP contribution in [-0.4, -0.2) is 60.8 Å². The van der Waals surface area contributed by atoms with Gasteiger partial charge >= 0.3 is 18.1 Å². The Bertz CT molecular complexity index is 712. The van der Waals surface area contributed by atoms with E-state index in [0.29, 0.717) is 12.1 Å². The number of likely N-dealkylation sites (tertiary alicyclic amines) is 1. The monoisotopic (exact) mass is 416 g/mol. The summed E-state index contributed by atoms with van der Waals surface area (Å²) < 4.78 is 36.2. The fourth-order valence-electron chi connectivity index (χ4n) is 2.44. The molecule has 1 heterocycles. The number of carboxylic acid groups (broad SMARTS) is 1. The van der Waals surface area contributed by atoms with Gasteiger partial charge in [0, 0.05) is 24.7 Å². The van der Waals surface area contributed by atoms with Gasteiger partial charge in [0.15, 0.2) is 0 Å². The van der Waals surface area contributed by atoms with Gasteiger partial charge in [0.25, 0.3) is 5.91 Å². The second-order valence-electron chi connectivity index (χ2n) is 6.12. The maximum absolute atomic E-state index is 11.9. The van der Waals surface area contributed by atoms with Crippen molar-refractivity contribution in [3.05, 3.63) is 47.5 Å². The molecule has 0 radical (unpaired) electrons. The summed E-state index contributed by atoms with van der Waals surface area (Å²) in [7, 11) is 1.31. The highest BCUT2D eigenvalue weighted by Gasteiger charge is 2.38. The molecule has 2 rings (SSSR count). The maximum Gasteiger partial charge on any atom is 0.490 e. The zero-order valence-corrected chi connectivity index (χ0v) is 15.9. The number of hydrogen-bond acceptors (Lipinski definition) is 5. The summed E-state index contributed by atoms with van der Waals surface area (Å²) in [6, 6.07) is 7.67. The number of carboxylic acids is 1. The van der Waals surface area contributed by atoms with E-state index < -0.39 is 18.1 Å². The lowest BCUT2D eigenvalue weighted by Crippen LogP contribution is -2.23. The first-order chi connectivity index (χ1) is 13.6. The van der Waals surface area contributed by atoms with Crippen molar-refractivity contribution in [2.75, 3.05) is 26.7 Å². The molecule has 10 heteroatoms. The predicted molar refractivity (Wildman–Crippen MR) is 98.1 cm³/mol. The van der Waals surface area contributed by atoms with Crippen LogP contribution >= 0.6 is 0 Å². The van der Waals surface area contributed by atoms with E-state index in [2.05, 4.69) is 15.0 Å². The van der Waals surface area contributed by atoms with E-state index >= 15 is 0 Å². The predicted octanol–water partition coefficient (Wildman–Crippen LogP) is 2.37. The number of ether oxygens (including phenoxy) is 1. The lowest BCUT2D eigenvalue weighted by Gasteiger charge is -2.14. The Morgan fingerprint density at radius 3 is 2.21 bits per heavy atom. The third kappa shape index (κ3) is 9.74. The van der Waals surface area contributed by atoms with Crippen LogP contribution in [0.2, 0.25) is 0 Å². The van der Waals surface area contributed by atoms with Crippen molar-refractivity contribution >= 4 is 17.8 Å². The van der Waals surface area contributed by atoms with Crippen LogP contribution in [0, 0.1) is 0 Å². The molecule has 0 atom stereocenters. The van der Waals surface area contributed by atoms with Crippen molar-refractivity contribution in [2.24, 2.45) is 0 Å². The zero-order chi connectivity index (χ0) is 21.9. The molecular formula is C19H23F3N2O5. The van der Waals surface area contributed by atoms with Gasteiger partial charge in [0.2, 0.25) is 0 Å². The van der Waals surface area contributed by atoms with E-state index in [1.807, 2.05) is 24.3 Å². The molecule has 1 fully saturated rings. The number of nitrogens with one attached hydrogen (secondary N) is 1. The first kappa shape index (κ1) is 24.2. The quantitative estimate of drug-likeness (QED) is 0.546. The molecule has 0 aromatic heterocycles. The van der Waals surface area contributed by atoms with Crippen LogP contribution in [-0.2, 0) is 20.9 Å². The van der Waals surface area contributed by atoms with Crippen LogP contribution in [0.5, 0.6) is 0 Å². The molecule has 1 aromatic carbocycles. The van der Waals surface area contributed by atoms with Crippen molar-refractivity contribution in [3.8, 4) is 0 Å². The molecule has 1 amide bonds. The van der Waals surface area contributed by atoms with E-state index in [-0.39, 0.29) is 5.91 Å². The topological polar surface area (TPSA) is 95.9 Å². The average Bonchev–Trinajstić information content (AvgIpc) is 3.18. The van der Waals surface area contributed by atoms with Gasteiger partial charge in [0.1, 0.15) is 0 Å². The summed E-state index contributed by atoms with van der Waals surface area (Å²) in [5, 5.41) is 9.85. The molecule has 1 saturated heterocycles. The average molecular weight is 416 g/mol. The smallest absolute Gasteiger partial charge is 0.475 e. The van der Waals surface area contributed by atoms with Crippen molar-refractivity contribution in [1.82, 2.24) is 10.2 Å². The second kappa shape index (κ2) is 11.8. The Labute approximate surface area is 166 Å². The summed E-state index contributed by atoms with van der Waals surface area (Å²) >= 11 is 0. The number of nitrogens with zero attached hydrogens (tertiary/aromatic N) is 1. The minimum Gasteiger partial charge on any atom is -0.475 e. The number of halogens is 3. The van der Waals surface area contributed by atoms with Crippen LogP contribution in [0.1, 0.15) is 28.8 Å². The van der Waals surface area contributed by atoms with Gasteiger partial charge in [-0.3, -0.25) is 9.69 Å². The Morgan fingerprint density at radius 1 is 1.17 bits per heavy atom. The molecule has 1 aromatic rings. The number of amides is 1. The van der Waals surface area contributed by atoms with Crippen molar-refractivity contribution in [1.29, 1.82) is 0 Å². The Balaban J connectivity index is 0.000000516. The Kier molecular flexibility index (Phi) is 9.87. The number of benzene rings is 1. The van der Waals surface area contributed by atoms with Gasteiger partial charge in [0.05, 0.1) is 7.11 Å². The van der Waals surface area contributed by atoms with Gasteiger partial charge in [-0.2, -0.15) is 13.2 Å². The van der Waals surface area contributed by atoms with Crippen molar-refractivity contribution < 1.29 is 37.4 Å². The second-order valence-corrected chi connectivity index (χ2v) is 6.12. The standard InChI is InChI=1S/C17H22N2O3.C2HF3O2/c1-22-16(20)5-4-10-18-17(21)15-8-6-14(7-9-15)13-19-11-2-3-12-19;3-2(4,5)1(6)7/h4-9H,2-3,10-13H2,1H3,(H,18,21);(H,6,7)/b5-4+;. The molecule has 0 spiro atoms. The fourth-order valence-corrected chi connectivity index (χ4v) is 2.44. The molecule has 0 saturated carbocycles. The van der Waals surface area contributed by atoms with Gasteiger partial charge in [-0.25, -0.2) is 9.59 Å². The molecule has 29 heavy (non-hydrogen) atoms. The zero-order valence-electron chi connectivity index (χ0n) is 15.9. The number of rotatable bonds is 6. The number of hydrogen-bond donors (Lipinski definition) is 2. The van der Waals surface area contributed by atoms with Crippen molar-refractivity contribution in [2.45, 2.75) is 25.6 Å². The van der Waals surface area contributed by atoms with Gasteiger partial charge in [-0.1, -0.05) is 18.2 Å². The molecule has 0 bridgehead atoms. The van der Waals surface area contributed by atoms with Crippen LogP contribution < -0.4 is 5.32 Å². The minimum absolute atomic E-state index is 0.151.